The lowest BCUT2D eigenvalue weighted by atomic mass is 10.1. The Bertz CT molecular complexity index is 626. The highest BCUT2D eigenvalue weighted by Crippen LogP contribution is 2.08. The van der Waals surface area contributed by atoms with E-state index < -0.39 is 0 Å². The minimum absolute atomic E-state index is 0.0677. The number of hydrogen-bond acceptors (Lipinski definition) is 3. The smallest absolute Gasteiger partial charge is 0.220 e. The summed E-state index contributed by atoms with van der Waals surface area (Å²) in [5.41, 5.74) is 1.27. The molecule has 0 saturated carbocycles. The van der Waals surface area contributed by atoms with E-state index in [2.05, 4.69) is 22.8 Å². The normalized spacial score (nSPS) is 11.7. The molecule has 24 heavy (non-hydrogen) atoms. The Hall–Kier alpha value is -2.14. The van der Waals surface area contributed by atoms with Crippen LogP contribution < -0.4 is 10.6 Å². The van der Waals surface area contributed by atoms with Crippen molar-refractivity contribution in [1.29, 1.82) is 0 Å². The summed E-state index contributed by atoms with van der Waals surface area (Å²) >= 11 is 1.61. The number of carbonyl (C=O) groups is 2. The first-order valence-electron chi connectivity index (χ1n) is 8.26. The van der Waals surface area contributed by atoms with Crippen LogP contribution in [-0.4, -0.2) is 17.9 Å². The lowest BCUT2D eigenvalue weighted by molar-refractivity contribution is -0.126. The van der Waals surface area contributed by atoms with Crippen LogP contribution in [0.4, 0.5) is 0 Å². The van der Waals surface area contributed by atoms with Gasteiger partial charge in [0.1, 0.15) is 0 Å². The SMILES string of the molecule is CC(CCc1ccccc1)NC(=O)CCC(=O)NCc1cccs1. The van der Waals surface area contributed by atoms with E-state index in [0.717, 1.165) is 17.7 Å². The summed E-state index contributed by atoms with van der Waals surface area (Å²) in [6, 6.07) is 14.3. The van der Waals surface area contributed by atoms with E-state index in [1.807, 2.05) is 42.6 Å². The van der Waals surface area contributed by atoms with Crippen LogP contribution >= 0.6 is 11.3 Å². The van der Waals surface area contributed by atoms with Gasteiger partial charge in [0.05, 0.1) is 6.54 Å². The standard InChI is InChI=1S/C19H24N2O2S/c1-15(9-10-16-6-3-2-4-7-16)21-19(23)12-11-18(22)20-14-17-8-5-13-24-17/h2-8,13,15H,9-12,14H2,1H3,(H,20,22)(H,21,23). The van der Waals surface area contributed by atoms with Gasteiger partial charge in [-0.3, -0.25) is 9.59 Å². The highest BCUT2D eigenvalue weighted by Gasteiger charge is 2.10. The summed E-state index contributed by atoms with van der Waals surface area (Å²) in [7, 11) is 0. The lowest BCUT2D eigenvalue weighted by Gasteiger charge is -2.14. The summed E-state index contributed by atoms with van der Waals surface area (Å²) in [5.74, 6) is -0.155. The molecule has 0 aliphatic rings. The molecule has 0 radical (unpaired) electrons. The predicted octanol–water partition coefficient (Wildman–Crippen LogP) is 3.28. The van der Waals surface area contributed by atoms with E-state index in [1.165, 1.54) is 5.56 Å². The molecular weight excluding hydrogens is 320 g/mol. The summed E-state index contributed by atoms with van der Waals surface area (Å²) in [4.78, 5) is 24.8. The van der Waals surface area contributed by atoms with E-state index >= 15 is 0 Å². The van der Waals surface area contributed by atoms with Crippen LogP contribution in [0.25, 0.3) is 0 Å². The van der Waals surface area contributed by atoms with Crippen molar-refractivity contribution in [1.82, 2.24) is 10.6 Å². The summed E-state index contributed by atoms with van der Waals surface area (Å²) in [5, 5.41) is 7.77. The van der Waals surface area contributed by atoms with Gasteiger partial charge in [0.25, 0.3) is 0 Å². The lowest BCUT2D eigenvalue weighted by Crippen LogP contribution is -2.34. The minimum Gasteiger partial charge on any atom is -0.354 e. The molecule has 0 fully saturated rings. The van der Waals surface area contributed by atoms with Gasteiger partial charge in [-0.25, -0.2) is 0 Å². The average molecular weight is 344 g/mol. The Balaban J connectivity index is 1.59. The summed E-state index contributed by atoms with van der Waals surface area (Å²) < 4.78 is 0. The molecule has 0 spiro atoms. The van der Waals surface area contributed by atoms with Crippen LogP contribution in [0.5, 0.6) is 0 Å². The number of rotatable bonds is 9. The fourth-order valence-corrected chi connectivity index (χ4v) is 3.01. The second-order valence-corrected chi connectivity index (χ2v) is 6.88. The van der Waals surface area contributed by atoms with Gasteiger partial charge < -0.3 is 10.6 Å². The highest BCUT2D eigenvalue weighted by atomic mass is 32.1. The fraction of sp³-hybridized carbons (Fsp3) is 0.368. The second-order valence-electron chi connectivity index (χ2n) is 5.85. The molecule has 2 rings (SSSR count). The van der Waals surface area contributed by atoms with Crippen molar-refractivity contribution in [2.45, 2.75) is 45.2 Å². The molecule has 2 aromatic rings. The van der Waals surface area contributed by atoms with E-state index in [-0.39, 0.29) is 30.7 Å². The Morgan fingerprint density at radius 3 is 2.50 bits per heavy atom. The van der Waals surface area contributed by atoms with Gasteiger partial charge in [-0.05, 0) is 36.8 Å². The Labute approximate surface area is 147 Å². The van der Waals surface area contributed by atoms with Gasteiger partial charge >= 0.3 is 0 Å². The molecule has 5 heteroatoms. The van der Waals surface area contributed by atoms with Gasteiger partial charge in [-0.15, -0.1) is 11.3 Å². The molecule has 1 heterocycles. The fourth-order valence-electron chi connectivity index (χ4n) is 2.36. The van der Waals surface area contributed by atoms with Crippen molar-refractivity contribution in [2.75, 3.05) is 0 Å². The molecule has 0 aliphatic carbocycles. The molecule has 1 aromatic carbocycles. The maximum atomic E-state index is 11.9. The van der Waals surface area contributed by atoms with Crippen molar-refractivity contribution in [3.05, 3.63) is 58.3 Å². The largest absolute Gasteiger partial charge is 0.354 e. The summed E-state index contributed by atoms with van der Waals surface area (Å²) in [6.45, 7) is 2.53. The first kappa shape index (κ1) is 18.2. The molecule has 2 amide bonds. The second kappa shape index (κ2) is 9.88. The molecule has 1 aromatic heterocycles. The number of nitrogens with one attached hydrogen (secondary N) is 2. The number of benzene rings is 1. The van der Waals surface area contributed by atoms with Crippen molar-refractivity contribution in [2.24, 2.45) is 0 Å². The molecule has 0 bridgehead atoms. The van der Waals surface area contributed by atoms with Crippen LogP contribution in [0.2, 0.25) is 0 Å². The molecule has 0 saturated heterocycles. The van der Waals surface area contributed by atoms with Gasteiger partial charge in [-0.2, -0.15) is 0 Å². The zero-order valence-corrected chi connectivity index (χ0v) is 14.8. The van der Waals surface area contributed by atoms with E-state index in [9.17, 15) is 9.59 Å². The highest BCUT2D eigenvalue weighted by molar-refractivity contribution is 7.09. The number of hydrogen-bond donors (Lipinski definition) is 2. The molecule has 1 unspecified atom stereocenters. The van der Waals surface area contributed by atoms with E-state index in [1.54, 1.807) is 11.3 Å². The van der Waals surface area contributed by atoms with Crippen LogP contribution in [0.3, 0.4) is 0 Å². The van der Waals surface area contributed by atoms with Crippen LogP contribution in [0.15, 0.2) is 47.8 Å². The summed E-state index contributed by atoms with van der Waals surface area (Å²) in [6.07, 6.45) is 2.28. The van der Waals surface area contributed by atoms with E-state index in [0.29, 0.717) is 6.54 Å². The van der Waals surface area contributed by atoms with Crippen LogP contribution in [0, 0.1) is 0 Å². The molecule has 128 valence electrons. The van der Waals surface area contributed by atoms with Gasteiger partial charge in [0.15, 0.2) is 0 Å². The molecule has 1 atom stereocenters. The van der Waals surface area contributed by atoms with E-state index in [4.69, 9.17) is 0 Å². The molecular formula is C19H24N2O2S. The zero-order valence-electron chi connectivity index (χ0n) is 14.0. The molecule has 0 aliphatic heterocycles. The maximum Gasteiger partial charge on any atom is 0.220 e. The monoisotopic (exact) mass is 344 g/mol. The average Bonchev–Trinajstić information content (AvgIpc) is 3.11. The van der Waals surface area contributed by atoms with Crippen molar-refractivity contribution >= 4 is 23.2 Å². The van der Waals surface area contributed by atoms with Gasteiger partial charge in [0, 0.05) is 23.8 Å². The predicted molar refractivity (Wildman–Crippen MR) is 97.8 cm³/mol. The molecule has 4 nitrogen and oxygen atoms in total. The maximum absolute atomic E-state index is 11.9. The zero-order chi connectivity index (χ0) is 17.2. The quantitative estimate of drug-likeness (QED) is 0.733. The first-order chi connectivity index (χ1) is 11.6. The third kappa shape index (κ3) is 6.96. The van der Waals surface area contributed by atoms with Crippen LogP contribution in [0.1, 0.15) is 36.6 Å². The van der Waals surface area contributed by atoms with Crippen molar-refractivity contribution in [3.8, 4) is 0 Å². The van der Waals surface area contributed by atoms with Crippen LogP contribution in [-0.2, 0) is 22.6 Å². The number of carbonyl (C=O) groups excluding carboxylic acids is 2. The third-order valence-electron chi connectivity index (χ3n) is 3.74. The Morgan fingerprint density at radius 2 is 1.79 bits per heavy atom. The van der Waals surface area contributed by atoms with Crippen molar-refractivity contribution < 1.29 is 9.59 Å². The minimum atomic E-state index is -0.0875. The third-order valence-corrected chi connectivity index (χ3v) is 4.61. The Morgan fingerprint density at radius 1 is 1.04 bits per heavy atom. The topological polar surface area (TPSA) is 58.2 Å². The number of thiophene rings is 1. The van der Waals surface area contributed by atoms with Crippen molar-refractivity contribution in [3.63, 3.8) is 0 Å². The Kier molecular flexibility index (Phi) is 7.49. The van der Waals surface area contributed by atoms with Gasteiger partial charge in [-0.1, -0.05) is 36.4 Å². The number of aryl methyl sites for hydroxylation is 1. The van der Waals surface area contributed by atoms with Gasteiger partial charge in [0.2, 0.25) is 11.8 Å². The first-order valence-corrected chi connectivity index (χ1v) is 9.14. The molecule has 2 N–H and O–H groups in total. The number of amides is 2.